The van der Waals surface area contributed by atoms with Crippen LogP contribution in [0.3, 0.4) is 0 Å². The van der Waals surface area contributed by atoms with Gasteiger partial charge in [-0.15, -0.1) is 0 Å². The maximum Gasteiger partial charge on any atom is 0.345 e. The first kappa shape index (κ1) is 22.0. The number of nitrogens with zero attached hydrogens (tertiary/aromatic N) is 2. The number of para-hydroxylation sites is 2. The number of esters is 1. The van der Waals surface area contributed by atoms with Crippen LogP contribution in [0, 0.1) is 23.0 Å². The zero-order valence-electron chi connectivity index (χ0n) is 17.0. The van der Waals surface area contributed by atoms with E-state index < -0.39 is 17.6 Å². The molecule has 4 aromatic rings. The minimum absolute atomic E-state index is 0.0303. The van der Waals surface area contributed by atoms with Gasteiger partial charge in [0.05, 0.1) is 34.3 Å². The molecule has 0 radical (unpaired) electrons. The number of methoxy groups -OCH3 is 1. The Balaban J connectivity index is 1.63. The van der Waals surface area contributed by atoms with Gasteiger partial charge in [-0.25, -0.2) is 18.6 Å². The zero-order valence-corrected chi connectivity index (χ0v) is 17.8. The van der Waals surface area contributed by atoms with E-state index in [2.05, 4.69) is 16.0 Å². The molecule has 0 unspecified atom stereocenters. The second-order valence-electron chi connectivity index (χ2n) is 6.82. The molecule has 0 aliphatic rings. The Morgan fingerprint density at radius 2 is 1.88 bits per heavy atom. The van der Waals surface area contributed by atoms with E-state index in [0.29, 0.717) is 23.5 Å². The Morgan fingerprint density at radius 3 is 2.61 bits per heavy atom. The van der Waals surface area contributed by atoms with E-state index in [1.54, 1.807) is 18.2 Å². The Labute approximate surface area is 191 Å². The predicted octanol–water partition coefficient (Wildman–Crippen LogP) is 5.79. The Hall–Kier alpha value is -4.22. The summed E-state index contributed by atoms with van der Waals surface area (Å²) in [7, 11) is 1.37. The maximum absolute atomic E-state index is 13.5. The number of carbonyl (C=O) groups is 1. The lowest BCUT2D eigenvalue weighted by Crippen LogP contribution is -2.11. The monoisotopic (exact) mass is 465 g/mol. The van der Waals surface area contributed by atoms with Gasteiger partial charge < -0.3 is 14.5 Å². The van der Waals surface area contributed by atoms with Crippen LogP contribution in [0.4, 0.5) is 8.78 Å². The summed E-state index contributed by atoms with van der Waals surface area (Å²) in [5.41, 5.74) is 2.05. The molecule has 1 aromatic heterocycles. The highest BCUT2D eigenvalue weighted by Crippen LogP contribution is 2.31. The molecule has 3 aromatic carbocycles. The summed E-state index contributed by atoms with van der Waals surface area (Å²) in [6.45, 7) is 0. The van der Waals surface area contributed by atoms with Crippen molar-refractivity contribution in [3.8, 4) is 17.6 Å². The van der Waals surface area contributed by atoms with E-state index in [9.17, 15) is 18.8 Å². The molecule has 0 atom stereocenters. The summed E-state index contributed by atoms with van der Waals surface area (Å²) < 4.78 is 37.3. The first-order valence-corrected chi connectivity index (χ1v) is 9.89. The lowest BCUT2D eigenvalue weighted by Gasteiger charge is -2.11. The number of carbonyl (C=O) groups excluding carboxylic acids is 1. The number of imidazole rings is 1. The molecule has 0 saturated carbocycles. The number of halogens is 3. The van der Waals surface area contributed by atoms with Crippen molar-refractivity contribution in [1.82, 2.24) is 9.97 Å². The molecule has 0 fully saturated rings. The van der Waals surface area contributed by atoms with Crippen LogP contribution in [0.2, 0.25) is 5.02 Å². The normalized spacial score (nSPS) is 11.3. The summed E-state index contributed by atoms with van der Waals surface area (Å²) in [6.07, 6.45) is 1.60. The molecular weight excluding hydrogens is 452 g/mol. The number of benzene rings is 3. The van der Waals surface area contributed by atoms with Gasteiger partial charge in [0.1, 0.15) is 11.9 Å². The molecule has 0 aliphatic carbocycles. The summed E-state index contributed by atoms with van der Waals surface area (Å²) >= 11 is 5.84. The molecule has 9 heteroatoms. The number of aromatic nitrogens is 2. The van der Waals surface area contributed by atoms with Crippen molar-refractivity contribution >= 4 is 40.3 Å². The summed E-state index contributed by atoms with van der Waals surface area (Å²) in [5.74, 6) is -2.78. The van der Waals surface area contributed by atoms with Crippen molar-refractivity contribution in [2.24, 2.45) is 0 Å². The minimum atomic E-state index is -1.23. The van der Waals surface area contributed by atoms with Gasteiger partial charge in [0.15, 0.2) is 23.1 Å². The molecule has 164 valence electrons. The average molecular weight is 466 g/mol. The first-order valence-electron chi connectivity index (χ1n) is 9.51. The number of hydrogen-bond acceptors (Lipinski definition) is 5. The molecule has 4 rings (SSSR count). The van der Waals surface area contributed by atoms with Crippen molar-refractivity contribution in [2.75, 3.05) is 7.11 Å². The number of H-pyrrole nitrogens is 1. The van der Waals surface area contributed by atoms with E-state index in [1.165, 1.54) is 13.2 Å². The summed E-state index contributed by atoms with van der Waals surface area (Å²) in [4.78, 5) is 19.9. The SMILES string of the molecule is COc1cc(/C=C(\C#N)c2nc3ccccc3[nH]2)ccc1OC(=O)c1cc(F)c(F)cc1Cl. The van der Waals surface area contributed by atoms with Gasteiger partial charge >= 0.3 is 5.97 Å². The summed E-state index contributed by atoms with van der Waals surface area (Å²) in [5, 5.41) is 9.32. The van der Waals surface area contributed by atoms with Crippen molar-refractivity contribution in [2.45, 2.75) is 0 Å². The van der Waals surface area contributed by atoms with Crippen LogP contribution in [0.1, 0.15) is 21.7 Å². The number of hydrogen-bond donors (Lipinski definition) is 1. The molecule has 33 heavy (non-hydrogen) atoms. The van der Waals surface area contributed by atoms with Crippen molar-refractivity contribution in [3.63, 3.8) is 0 Å². The van der Waals surface area contributed by atoms with Gasteiger partial charge in [0, 0.05) is 0 Å². The van der Waals surface area contributed by atoms with Gasteiger partial charge in [0.2, 0.25) is 0 Å². The number of allylic oxidation sites excluding steroid dienone is 1. The quantitative estimate of drug-likeness (QED) is 0.174. The van der Waals surface area contributed by atoms with Crippen LogP contribution in [0.5, 0.6) is 11.5 Å². The third kappa shape index (κ3) is 4.54. The van der Waals surface area contributed by atoms with Crippen LogP contribution in [-0.2, 0) is 0 Å². The van der Waals surface area contributed by atoms with E-state index in [4.69, 9.17) is 21.1 Å². The van der Waals surface area contributed by atoms with Crippen molar-refractivity contribution in [3.05, 3.63) is 88.2 Å². The predicted molar refractivity (Wildman–Crippen MR) is 119 cm³/mol. The Kier molecular flexibility index (Phi) is 6.07. The first-order chi connectivity index (χ1) is 15.9. The fraction of sp³-hybridized carbons (Fsp3) is 0.0417. The van der Waals surface area contributed by atoms with Gasteiger partial charge in [-0.2, -0.15) is 5.26 Å². The van der Waals surface area contributed by atoms with E-state index >= 15 is 0 Å². The maximum atomic E-state index is 13.5. The van der Waals surface area contributed by atoms with Gasteiger partial charge in [-0.3, -0.25) is 0 Å². The van der Waals surface area contributed by atoms with Crippen LogP contribution in [-0.4, -0.2) is 23.0 Å². The topological polar surface area (TPSA) is 88.0 Å². The highest BCUT2D eigenvalue weighted by atomic mass is 35.5. The molecule has 0 saturated heterocycles. The number of ether oxygens (including phenoxy) is 2. The van der Waals surface area contributed by atoms with E-state index in [0.717, 1.165) is 11.0 Å². The fourth-order valence-corrected chi connectivity index (χ4v) is 3.32. The molecule has 1 heterocycles. The molecule has 0 spiro atoms. The number of fused-ring (bicyclic) bond motifs is 1. The van der Waals surface area contributed by atoms with Crippen LogP contribution in [0.15, 0.2) is 54.6 Å². The highest BCUT2D eigenvalue weighted by Gasteiger charge is 2.19. The van der Waals surface area contributed by atoms with Gasteiger partial charge in [0.25, 0.3) is 0 Å². The Bertz CT molecular complexity index is 1420. The van der Waals surface area contributed by atoms with Crippen molar-refractivity contribution in [1.29, 1.82) is 5.26 Å². The average Bonchev–Trinajstić information content (AvgIpc) is 3.24. The third-order valence-corrected chi connectivity index (χ3v) is 5.01. The molecule has 1 N–H and O–H groups in total. The van der Waals surface area contributed by atoms with Crippen molar-refractivity contribution < 1.29 is 23.0 Å². The number of aromatic amines is 1. The highest BCUT2D eigenvalue weighted by molar-refractivity contribution is 6.33. The largest absolute Gasteiger partial charge is 0.493 e. The summed E-state index contributed by atoms with van der Waals surface area (Å²) in [6, 6.07) is 15.5. The minimum Gasteiger partial charge on any atom is -0.493 e. The Morgan fingerprint density at radius 1 is 1.12 bits per heavy atom. The van der Waals surface area contributed by atoms with Crippen LogP contribution in [0.25, 0.3) is 22.7 Å². The van der Waals surface area contributed by atoms with Gasteiger partial charge in [-0.05, 0) is 48.0 Å². The van der Waals surface area contributed by atoms with E-state index in [1.807, 2.05) is 24.3 Å². The number of rotatable bonds is 5. The van der Waals surface area contributed by atoms with Gasteiger partial charge in [-0.1, -0.05) is 29.8 Å². The standard InChI is InChI=1S/C24H14ClF2N3O3/c1-32-22-9-13(8-14(12-28)23-29-19-4-2-3-5-20(19)30-23)6-7-21(22)33-24(31)15-10-17(26)18(27)11-16(15)25/h2-11H,1H3,(H,29,30)/b14-8+. The molecule has 0 bridgehead atoms. The molecule has 0 amide bonds. The van der Waals surface area contributed by atoms with Crippen LogP contribution < -0.4 is 9.47 Å². The second-order valence-corrected chi connectivity index (χ2v) is 7.23. The molecule has 6 nitrogen and oxygen atoms in total. The lowest BCUT2D eigenvalue weighted by molar-refractivity contribution is 0.0729. The lowest BCUT2D eigenvalue weighted by atomic mass is 10.1. The smallest absolute Gasteiger partial charge is 0.345 e. The second kappa shape index (κ2) is 9.10. The molecule has 0 aliphatic heterocycles. The molecular formula is C24H14ClF2N3O3. The van der Waals surface area contributed by atoms with Crippen LogP contribution >= 0.6 is 11.6 Å². The third-order valence-electron chi connectivity index (χ3n) is 4.70. The number of nitrogens with one attached hydrogen (secondary N) is 1. The van der Waals surface area contributed by atoms with E-state index in [-0.39, 0.29) is 27.7 Å². The number of nitriles is 1. The zero-order chi connectivity index (χ0) is 23.5. The fourth-order valence-electron chi connectivity index (χ4n) is 3.09.